The van der Waals surface area contributed by atoms with Gasteiger partial charge in [0.2, 0.25) is 17.7 Å². The Morgan fingerprint density at radius 2 is 1.74 bits per heavy atom. The summed E-state index contributed by atoms with van der Waals surface area (Å²) >= 11 is 0. The number of halogens is 1. The number of amides is 2. The summed E-state index contributed by atoms with van der Waals surface area (Å²) in [7, 11) is 0. The molecule has 1 fully saturated rings. The van der Waals surface area contributed by atoms with Crippen LogP contribution in [-0.2, 0) is 16.0 Å². The first kappa shape index (κ1) is 23.6. The van der Waals surface area contributed by atoms with Gasteiger partial charge in [0.05, 0.1) is 19.0 Å². The van der Waals surface area contributed by atoms with E-state index in [-0.39, 0.29) is 31.1 Å². The third-order valence-corrected chi connectivity index (χ3v) is 6.11. The molecule has 34 heavy (non-hydrogen) atoms. The Hall–Kier alpha value is -3.55. The van der Waals surface area contributed by atoms with Crippen LogP contribution < -0.4 is 5.32 Å². The largest absolute Gasteiger partial charge is 0.343 e. The lowest BCUT2D eigenvalue weighted by Gasteiger charge is -2.27. The smallest absolute Gasteiger partial charge is 0.243 e. The fourth-order valence-corrected chi connectivity index (χ4v) is 4.28. The highest BCUT2D eigenvalue weighted by Gasteiger charge is 2.40. The lowest BCUT2D eigenvalue weighted by Crippen LogP contribution is -2.47. The Morgan fingerprint density at radius 3 is 2.35 bits per heavy atom. The van der Waals surface area contributed by atoms with Crippen LogP contribution >= 0.6 is 0 Å². The van der Waals surface area contributed by atoms with Crippen molar-refractivity contribution in [3.05, 3.63) is 83.0 Å². The minimum Gasteiger partial charge on any atom is -0.343 e. The fraction of sp³-hybridized carbons (Fsp3) is 0.385. The molecule has 2 amide bonds. The van der Waals surface area contributed by atoms with Crippen molar-refractivity contribution in [2.75, 3.05) is 6.54 Å². The summed E-state index contributed by atoms with van der Waals surface area (Å²) in [6, 6.07) is 16.4. The number of aryl methyl sites for hydroxylation is 1. The predicted octanol–water partition coefficient (Wildman–Crippen LogP) is 3.89. The van der Waals surface area contributed by atoms with Gasteiger partial charge < -0.3 is 14.7 Å². The van der Waals surface area contributed by atoms with E-state index in [0.29, 0.717) is 11.8 Å². The van der Waals surface area contributed by atoms with Crippen LogP contribution in [0.1, 0.15) is 60.6 Å². The Bertz CT molecular complexity index is 1130. The van der Waals surface area contributed by atoms with E-state index in [1.807, 2.05) is 42.5 Å². The maximum Gasteiger partial charge on any atom is 0.243 e. The quantitative estimate of drug-likeness (QED) is 0.573. The maximum atomic E-state index is 14.4. The van der Waals surface area contributed by atoms with E-state index in [4.69, 9.17) is 4.52 Å². The first-order chi connectivity index (χ1) is 16.3. The zero-order valence-corrected chi connectivity index (χ0v) is 19.6. The predicted molar refractivity (Wildman–Crippen MR) is 125 cm³/mol. The van der Waals surface area contributed by atoms with Crippen LogP contribution in [0, 0.1) is 6.92 Å². The van der Waals surface area contributed by atoms with E-state index in [1.165, 1.54) is 10.5 Å². The molecule has 1 saturated heterocycles. The molecule has 3 unspecified atom stereocenters. The molecule has 1 N–H and O–H groups in total. The number of nitrogens with one attached hydrogen (secondary N) is 1. The number of hydrogen-bond acceptors (Lipinski definition) is 5. The number of aromatic nitrogens is 2. The summed E-state index contributed by atoms with van der Waals surface area (Å²) < 4.78 is 19.3. The highest BCUT2D eigenvalue weighted by molar-refractivity contribution is 5.89. The second kappa shape index (κ2) is 10.2. The van der Waals surface area contributed by atoms with E-state index in [0.717, 1.165) is 11.1 Å². The van der Waals surface area contributed by atoms with Gasteiger partial charge in [-0.1, -0.05) is 73.6 Å². The zero-order chi connectivity index (χ0) is 24.2. The van der Waals surface area contributed by atoms with Crippen molar-refractivity contribution in [3.63, 3.8) is 0 Å². The number of alkyl halides is 1. The molecular formula is C26H29FN4O3. The maximum absolute atomic E-state index is 14.4. The number of carbonyl (C=O) groups excluding carboxylic acids is 2. The lowest BCUT2D eigenvalue weighted by molar-refractivity contribution is -0.138. The minimum absolute atomic E-state index is 0.0450. The van der Waals surface area contributed by atoms with Gasteiger partial charge in [-0.05, 0) is 22.6 Å². The van der Waals surface area contributed by atoms with Crippen LogP contribution in [0.4, 0.5) is 4.39 Å². The molecular weight excluding hydrogens is 435 g/mol. The average Bonchev–Trinajstić information content (AvgIpc) is 3.43. The van der Waals surface area contributed by atoms with Crippen LogP contribution in [0.25, 0.3) is 0 Å². The van der Waals surface area contributed by atoms with Crippen molar-refractivity contribution in [2.45, 2.75) is 57.8 Å². The summed E-state index contributed by atoms with van der Waals surface area (Å²) in [6.45, 7) is 5.75. The van der Waals surface area contributed by atoms with Crippen molar-refractivity contribution in [2.24, 2.45) is 0 Å². The van der Waals surface area contributed by atoms with Crippen LogP contribution in [0.5, 0.6) is 0 Å². The monoisotopic (exact) mass is 464 g/mol. The van der Waals surface area contributed by atoms with E-state index in [2.05, 4.69) is 41.4 Å². The van der Waals surface area contributed by atoms with Gasteiger partial charge in [0.1, 0.15) is 12.2 Å². The first-order valence-corrected chi connectivity index (χ1v) is 11.5. The minimum atomic E-state index is -1.27. The summed E-state index contributed by atoms with van der Waals surface area (Å²) in [5.41, 5.74) is 3.02. The number of hydrogen-bond donors (Lipinski definition) is 1. The van der Waals surface area contributed by atoms with Crippen molar-refractivity contribution in [1.29, 1.82) is 0 Å². The number of benzene rings is 2. The normalized spacial score (nSPS) is 18.8. The molecule has 7 nitrogen and oxygen atoms in total. The van der Waals surface area contributed by atoms with Gasteiger partial charge in [-0.25, -0.2) is 4.39 Å². The Balaban J connectivity index is 1.55. The summed E-state index contributed by atoms with van der Waals surface area (Å²) in [5, 5.41) is 6.80. The standard InChI is InChI=1S/C26H29FN4O3/c1-16(2)18-9-11-20(12-10-18)25(19-7-5-4-6-8-19)29-26(33)22-13-21(27)15-31(22)24(32)14-23-28-17(3)34-30-23/h4-12,16,21-22,25H,13-15H2,1-3H3,(H,29,33). The molecule has 178 valence electrons. The molecule has 1 aliphatic heterocycles. The summed E-state index contributed by atoms with van der Waals surface area (Å²) in [5.74, 6) is 0.159. The summed E-state index contributed by atoms with van der Waals surface area (Å²) in [4.78, 5) is 31.6. The molecule has 1 aromatic heterocycles. The number of carbonyl (C=O) groups is 2. The highest BCUT2D eigenvalue weighted by Crippen LogP contribution is 2.27. The van der Waals surface area contributed by atoms with Gasteiger partial charge in [0.15, 0.2) is 5.82 Å². The topological polar surface area (TPSA) is 88.3 Å². The number of rotatable bonds is 7. The molecule has 0 spiro atoms. The molecule has 2 aromatic carbocycles. The zero-order valence-electron chi connectivity index (χ0n) is 19.6. The average molecular weight is 465 g/mol. The van der Waals surface area contributed by atoms with Crippen LogP contribution in [0.3, 0.4) is 0 Å². The third kappa shape index (κ3) is 5.32. The molecule has 8 heteroatoms. The molecule has 0 bridgehead atoms. The molecule has 3 aromatic rings. The molecule has 4 rings (SSSR count). The fourth-order valence-electron chi connectivity index (χ4n) is 4.28. The van der Waals surface area contributed by atoms with Crippen LogP contribution in [-0.4, -0.2) is 45.6 Å². The van der Waals surface area contributed by atoms with E-state index in [9.17, 15) is 14.0 Å². The molecule has 0 saturated carbocycles. The molecule has 0 radical (unpaired) electrons. The first-order valence-electron chi connectivity index (χ1n) is 11.5. The van der Waals surface area contributed by atoms with Crippen LogP contribution in [0.15, 0.2) is 59.1 Å². The van der Waals surface area contributed by atoms with E-state index in [1.54, 1.807) is 6.92 Å². The third-order valence-electron chi connectivity index (χ3n) is 6.11. The summed E-state index contributed by atoms with van der Waals surface area (Å²) in [6.07, 6.45) is -1.46. The molecule has 2 heterocycles. The highest BCUT2D eigenvalue weighted by atomic mass is 19.1. The Labute approximate surface area is 198 Å². The van der Waals surface area contributed by atoms with E-state index < -0.39 is 24.2 Å². The Morgan fingerprint density at radius 1 is 1.09 bits per heavy atom. The molecule has 0 aliphatic carbocycles. The van der Waals surface area contributed by atoms with Gasteiger partial charge in [0.25, 0.3) is 0 Å². The van der Waals surface area contributed by atoms with Crippen molar-refractivity contribution in [1.82, 2.24) is 20.4 Å². The van der Waals surface area contributed by atoms with E-state index >= 15 is 0 Å². The van der Waals surface area contributed by atoms with Crippen molar-refractivity contribution >= 4 is 11.8 Å². The van der Waals surface area contributed by atoms with Gasteiger partial charge >= 0.3 is 0 Å². The van der Waals surface area contributed by atoms with Gasteiger partial charge in [-0.3, -0.25) is 9.59 Å². The van der Waals surface area contributed by atoms with Gasteiger partial charge in [0, 0.05) is 13.3 Å². The van der Waals surface area contributed by atoms with Crippen molar-refractivity contribution < 1.29 is 18.5 Å². The molecule has 3 atom stereocenters. The van der Waals surface area contributed by atoms with Crippen molar-refractivity contribution in [3.8, 4) is 0 Å². The number of nitrogens with zero attached hydrogens (tertiary/aromatic N) is 3. The van der Waals surface area contributed by atoms with Gasteiger partial charge in [-0.15, -0.1) is 0 Å². The second-order valence-electron chi connectivity index (χ2n) is 8.97. The van der Waals surface area contributed by atoms with Gasteiger partial charge in [-0.2, -0.15) is 4.98 Å². The number of likely N-dealkylation sites (tertiary alicyclic amines) is 1. The second-order valence-corrected chi connectivity index (χ2v) is 8.97. The SMILES string of the molecule is Cc1nc(CC(=O)N2CC(F)CC2C(=O)NC(c2ccccc2)c2ccc(C(C)C)cc2)no1. The molecule has 1 aliphatic rings. The Kier molecular flexibility index (Phi) is 7.05. The van der Waals surface area contributed by atoms with Crippen LogP contribution in [0.2, 0.25) is 0 Å². The lowest BCUT2D eigenvalue weighted by atomic mass is 9.95.